The van der Waals surface area contributed by atoms with Gasteiger partial charge in [-0.3, -0.25) is 4.79 Å². The van der Waals surface area contributed by atoms with E-state index in [1.54, 1.807) is 0 Å². The SMILES string of the molecule is CC1=CC(O)CC2(C)OC2CC2(C)C(=O)C=C(C(C)C)C2CC1. The quantitative estimate of drug-likeness (QED) is 0.591. The van der Waals surface area contributed by atoms with Crippen LogP contribution < -0.4 is 0 Å². The zero-order valence-electron chi connectivity index (χ0n) is 15.1. The fourth-order valence-electron chi connectivity index (χ4n) is 4.62. The van der Waals surface area contributed by atoms with Crippen molar-refractivity contribution in [3.8, 4) is 0 Å². The van der Waals surface area contributed by atoms with Gasteiger partial charge in [-0.1, -0.05) is 38.0 Å². The van der Waals surface area contributed by atoms with E-state index in [9.17, 15) is 9.90 Å². The largest absolute Gasteiger partial charge is 0.389 e. The third-order valence-corrected chi connectivity index (χ3v) is 6.26. The standard InChI is InChI=1S/C20H30O3/c1-12(2)15-9-17(22)19(4)11-18-20(5,23-18)10-14(21)8-13(3)6-7-16(15)19/h8-9,12,14,16,18,21H,6-7,10-11H2,1-5H3. The van der Waals surface area contributed by atoms with Crippen LogP contribution in [0.5, 0.6) is 0 Å². The molecule has 3 heteroatoms. The molecule has 0 amide bonds. The predicted molar refractivity (Wildman–Crippen MR) is 91.0 cm³/mol. The number of aliphatic hydroxyl groups excluding tert-OH is 1. The number of allylic oxidation sites excluding steroid dienone is 3. The Hall–Kier alpha value is -0.930. The number of hydrogen-bond acceptors (Lipinski definition) is 3. The van der Waals surface area contributed by atoms with Crippen LogP contribution in [0.25, 0.3) is 0 Å². The monoisotopic (exact) mass is 318 g/mol. The molecule has 1 aliphatic heterocycles. The second kappa shape index (κ2) is 5.56. The van der Waals surface area contributed by atoms with Gasteiger partial charge in [0.05, 0.1) is 17.8 Å². The van der Waals surface area contributed by atoms with Crippen LogP contribution in [0.3, 0.4) is 0 Å². The van der Waals surface area contributed by atoms with Gasteiger partial charge in [0.1, 0.15) is 0 Å². The zero-order valence-corrected chi connectivity index (χ0v) is 15.1. The first kappa shape index (κ1) is 16.9. The number of hydrogen-bond donors (Lipinski definition) is 1. The summed E-state index contributed by atoms with van der Waals surface area (Å²) in [6.45, 7) is 10.6. The van der Waals surface area contributed by atoms with Crippen molar-refractivity contribution in [2.75, 3.05) is 0 Å². The summed E-state index contributed by atoms with van der Waals surface area (Å²) in [6.07, 6.45) is 6.82. The lowest BCUT2D eigenvalue weighted by Crippen LogP contribution is -2.34. The topological polar surface area (TPSA) is 49.8 Å². The molecular formula is C20H30O3. The summed E-state index contributed by atoms with van der Waals surface area (Å²) in [4.78, 5) is 12.8. The van der Waals surface area contributed by atoms with Gasteiger partial charge in [0.15, 0.2) is 5.78 Å². The smallest absolute Gasteiger partial charge is 0.162 e. The molecular weight excluding hydrogens is 288 g/mol. The van der Waals surface area contributed by atoms with E-state index in [4.69, 9.17) is 4.74 Å². The second-order valence-electron chi connectivity index (χ2n) is 8.58. The lowest BCUT2D eigenvalue weighted by Gasteiger charge is -2.33. The molecule has 0 saturated carbocycles. The fraction of sp³-hybridized carbons (Fsp3) is 0.750. The van der Waals surface area contributed by atoms with Crippen LogP contribution in [0.2, 0.25) is 0 Å². The van der Waals surface area contributed by atoms with Gasteiger partial charge in [0, 0.05) is 11.8 Å². The molecule has 1 heterocycles. The van der Waals surface area contributed by atoms with Gasteiger partial charge < -0.3 is 9.84 Å². The Bertz CT molecular complexity index is 573. The van der Waals surface area contributed by atoms with Crippen LogP contribution in [0.4, 0.5) is 0 Å². The zero-order chi connectivity index (χ0) is 17.0. The van der Waals surface area contributed by atoms with E-state index in [-0.39, 0.29) is 22.9 Å². The number of fused-ring (bicyclic) bond motifs is 2. The Morgan fingerprint density at radius 3 is 2.65 bits per heavy atom. The first-order valence-electron chi connectivity index (χ1n) is 8.95. The molecule has 0 radical (unpaired) electrons. The predicted octanol–water partition coefficient (Wildman–Crippen LogP) is 3.81. The Kier molecular flexibility index (Phi) is 4.09. The van der Waals surface area contributed by atoms with E-state index < -0.39 is 6.10 Å². The number of epoxide rings is 1. The minimum absolute atomic E-state index is 0.0836. The summed E-state index contributed by atoms with van der Waals surface area (Å²) in [5.74, 6) is 0.963. The Labute approximate surface area is 139 Å². The first-order chi connectivity index (χ1) is 10.7. The fourth-order valence-corrected chi connectivity index (χ4v) is 4.62. The van der Waals surface area contributed by atoms with Crippen LogP contribution in [0.15, 0.2) is 23.3 Å². The minimum Gasteiger partial charge on any atom is -0.389 e. The number of aliphatic hydroxyl groups is 1. The molecule has 3 aliphatic rings. The van der Waals surface area contributed by atoms with E-state index in [1.807, 2.05) is 12.2 Å². The molecule has 0 aromatic heterocycles. The molecule has 23 heavy (non-hydrogen) atoms. The van der Waals surface area contributed by atoms with Crippen LogP contribution in [0, 0.1) is 17.3 Å². The summed E-state index contributed by atoms with van der Waals surface area (Å²) < 4.78 is 5.94. The van der Waals surface area contributed by atoms with Gasteiger partial charge in [-0.2, -0.15) is 0 Å². The number of rotatable bonds is 1. The van der Waals surface area contributed by atoms with Gasteiger partial charge in [0.25, 0.3) is 0 Å². The van der Waals surface area contributed by atoms with E-state index >= 15 is 0 Å². The lowest BCUT2D eigenvalue weighted by atomic mass is 9.68. The molecule has 1 saturated heterocycles. The molecule has 1 N–H and O–H groups in total. The molecule has 0 aromatic carbocycles. The molecule has 3 rings (SSSR count). The highest BCUT2D eigenvalue weighted by molar-refractivity contribution is 5.98. The van der Waals surface area contributed by atoms with Crippen molar-refractivity contribution in [3.63, 3.8) is 0 Å². The molecule has 3 nitrogen and oxygen atoms in total. The van der Waals surface area contributed by atoms with E-state index in [2.05, 4.69) is 34.6 Å². The molecule has 2 aliphatic carbocycles. The normalized spacial score (nSPS) is 44.1. The third kappa shape index (κ3) is 2.94. The van der Waals surface area contributed by atoms with Crippen LogP contribution in [0.1, 0.15) is 60.3 Å². The van der Waals surface area contributed by atoms with Crippen molar-refractivity contribution in [1.82, 2.24) is 0 Å². The average Bonchev–Trinajstić information content (AvgIpc) is 2.95. The Morgan fingerprint density at radius 1 is 1.30 bits per heavy atom. The summed E-state index contributed by atoms with van der Waals surface area (Å²) in [7, 11) is 0. The number of carbonyl (C=O) groups is 1. The van der Waals surface area contributed by atoms with E-state index in [1.165, 1.54) is 11.1 Å². The number of ether oxygens (including phenoxy) is 1. The van der Waals surface area contributed by atoms with Gasteiger partial charge in [-0.05, 0) is 51.0 Å². The maximum absolute atomic E-state index is 12.8. The Morgan fingerprint density at radius 2 is 2.00 bits per heavy atom. The minimum atomic E-state index is -0.452. The summed E-state index contributed by atoms with van der Waals surface area (Å²) >= 11 is 0. The van der Waals surface area contributed by atoms with Crippen molar-refractivity contribution < 1.29 is 14.6 Å². The molecule has 0 aromatic rings. The average molecular weight is 318 g/mol. The van der Waals surface area contributed by atoms with Gasteiger partial charge in [-0.15, -0.1) is 0 Å². The molecule has 5 atom stereocenters. The summed E-state index contributed by atoms with van der Waals surface area (Å²) in [5, 5.41) is 10.3. The van der Waals surface area contributed by atoms with Crippen LogP contribution in [-0.2, 0) is 9.53 Å². The first-order valence-corrected chi connectivity index (χ1v) is 8.95. The maximum Gasteiger partial charge on any atom is 0.162 e. The maximum atomic E-state index is 12.8. The van der Waals surface area contributed by atoms with Gasteiger partial charge >= 0.3 is 0 Å². The van der Waals surface area contributed by atoms with Crippen molar-refractivity contribution in [2.45, 2.75) is 78.1 Å². The number of carbonyl (C=O) groups excluding carboxylic acids is 1. The Balaban J connectivity index is 1.94. The highest BCUT2D eigenvalue weighted by Crippen LogP contribution is 2.54. The lowest BCUT2D eigenvalue weighted by molar-refractivity contribution is -0.124. The van der Waals surface area contributed by atoms with Crippen molar-refractivity contribution in [2.24, 2.45) is 17.3 Å². The second-order valence-corrected chi connectivity index (χ2v) is 8.58. The molecule has 0 bridgehead atoms. The summed E-state index contributed by atoms with van der Waals surface area (Å²) in [5.41, 5.74) is 1.88. The van der Waals surface area contributed by atoms with Crippen molar-refractivity contribution in [3.05, 3.63) is 23.3 Å². The third-order valence-electron chi connectivity index (χ3n) is 6.26. The van der Waals surface area contributed by atoms with Crippen molar-refractivity contribution >= 4 is 5.78 Å². The van der Waals surface area contributed by atoms with Gasteiger partial charge in [0.2, 0.25) is 0 Å². The molecule has 1 fully saturated rings. The highest BCUT2D eigenvalue weighted by Gasteiger charge is 2.58. The molecule has 0 spiro atoms. The molecule has 128 valence electrons. The highest BCUT2D eigenvalue weighted by atomic mass is 16.6. The molecule has 5 unspecified atom stereocenters. The summed E-state index contributed by atoms with van der Waals surface area (Å²) in [6, 6.07) is 0. The number of ketones is 1. The van der Waals surface area contributed by atoms with Crippen LogP contribution >= 0.6 is 0 Å². The van der Waals surface area contributed by atoms with E-state index in [0.29, 0.717) is 18.3 Å². The van der Waals surface area contributed by atoms with Gasteiger partial charge in [-0.25, -0.2) is 0 Å². The van der Waals surface area contributed by atoms with Crippen molar-refractivity contribution in [1.29, 1.82) is 0 Å². The van der Waals surface area contributed by atoms with Crippen LogP contribution in [-0.4, -0.2) is 28.7 Å². The van der Waals surface area contributed by atoms with E-state index in [0.717, 1.165) is 19.3 Å².